The standard InChI is InChI=1S/C22H21N3O2/c1-26-16-6-7-20-19(12-16)18-8-10-25(14-17-5-3-11-27-17)22(21(18)24-20)15-4-2-9-23-13-15/h2-7,9,11-13,22,24H,8,10,14H2,1H3/t22-/m0/s1. The summed E-state index contributed by atoms with van der Waals surface area (Å²) in [5.74, 6) is 1.87. The van der Waals surface area contributed by atoms with Gasteiger partial charge in [0.1, 0.15) is 11.5 Å². The second-order valence-electron chi connectivity index (χ2n) is 6.92. The number of H-pyrrole nitrogens is 1. The van der Waals surface area contributed by atoms with Gasteiger partial charge in [-0.3, -0.25) is 9.88 Å². The zero-order valence-corrected chi connectivity index (χ0v) is 15.2. The Balaban J connectivity index is 1.64. The molecule has 136 valence electrons. The molecule has 0 bridgehead atoms. The first-order chi connectivity index (χ1) is 13.3. The fourth-order valence-electron chi connectivity index (χ4n) is 4.13. The number of benzene rings is 1. The lowest BCUT2D eigenvalue weighted by Gasteiger charge is -2.35. The third-order valence-corrected chi connectivity index (χ3v) is 5.37. The number of hydrogen-bond acceptors (Lipinski definition) is 4. The van der Waals surface area contributed by atoms with Crippen LogP contribution in [-0.4, -0.2) is 28.5 Å². The van der Waals surface area contributed by atoms with Crippen LogP contribution in [0.5, 0.6) is 5.75 Å². The number of rotatable bonds is 4. The zero-order valence-electron chi connectivity index (χ0n) is 15.2. The summed E-state index contributed by atoms with van der Waals surface area (Å²) < 4.78 is 11.1. The van der Waals surface area contributed by atoms with Crippen molar-refractivity contribution in [3.63, 3.8) is 0 Å². The Bertz CT molecular complexity index is 1050. The molecule has 4 aromatic rings. The van der Waals surface area contributed by atoms with E-state index in [0.29, 0.717) is 0 Å². The van der Waals surface area contributed by atoms with Gasteiger partial charge in [0.2, 0.25) is 0 Å². The highest BCUT2D eigenvalue weighted by atomic mass is 16.5. The third-order valence-electron chi connectivity index (χ3n) is 5.37. The molecule has 0 amide bonds. The summed E-state index contributed by atoms with van der Waals surface area (Å²) in [6.07, 6.45) is 6.50. The number of fused-ring (bicyclic) bond motifs is 3. The number of furan rings is 1. The average molecular weight is 359 g/mol. The molecular formula is C22H21N3O2. The van der Waals surface area contributed by atoms with Gasteiger partial charge in [0.05, 0.1) is 26.0 Å². The van der Waals surface area contributed by atoms with Crippen LogP contribution in [0.4, 0.5) is 0 Å². The van der Waals surface area contributed by atoms with Crippen LogP contribution >= 0.6 is 0 Å². The van der Waals surface area contributed by atoms with Crippen molar-refractivity contribution < 1.29 is 9.15 Å². The van der Waals surface area contributed by atoms with Crippen LogP contribution in [0.1, 0.15) is 28.6 Å². The van der Waals surface area contributed by atoms with Crippen molar-refractivity contribution in [3.8, 4) is 5.75 Å². The number of aromatic amines is 1. The van der Waals surface area contributed by atoms with Crippen LogP contribution in [0, 0.1) is 0 Å². The predicted octanol–water partition coefficient (Wildman–Crippen LogP) is 4.31. The van der Waals surface area contributed by atoms with E-state index in [2.05, 4.69) is 33.1 Å². The smallest absolute Gasteiger partial charge is 0.119 e. The van der Waals surface area contributed by atoms with Gasteiger partial charge in [-0.05, 0) is 53.9 Å². The zero-order chi connectivity index (χ0) is 18.2. The van der Waals surface area contributed by atoms with Gasteiger partial charge in [-0.25, -0.2) is 0 Å². The first-order valence-corrected chi connectivity index (χ1v) is 9.18. The van der Waals surface area contributed by atoms with E-state index in [1.165, 1.54) is 22.2 Å². The molecule has 0 unspecified atom stereocenters. The topological polar surface area (TPSA) is 54.3 Å². The summed E-state index contributed by atoms with van der Waals surface area (Å²) in [4.78, 5) is 10.5. The highest BCUT2D eigenvalue weighted by molar-refractivity contribution is 5.86. The number of nitrogens with one attached hydrogen (secondary N) is 1. The molecule has 0 aliphatic carbocycles. The van der Waals surface area contributed by atoms with Gasteiger partial charge in [-0.15, -0.1) is 0 Å². The van der Waals surface area contributed by atoms with Crippen LogP contribution < -0.4 is 4.74 Å². The summed E-state index contributed by atoms with van der Waals surface area (Å²) in [6, 6.07) is 14.5. The quantitative estimate of drug-likeness (QED) is 0.590. The molecule has 0 spiro atoms. The first-order valence-electron chi connectivity index (χ1n) is 9.18. The Morgan fingerprint density at radius 2 is 2.22 bits per heavy atom. The summed E-state index contributed by atoms with van der Waals surface area (Å²) in [7, 11) is 1.71. The minimum absolute atomic E-state index is 0.117. The number of aromatic nitrogens is 2. The van der Waals surface area contributed by atoms with Gasteiger partial charge in [-0.2, -0.15) is 0 Å². The van der Waals surface area contributed by atoms with Crippen molar-refractivity contribution in [2.45, 2.75) is 19.0 Å². The van der Waals surface area contributed by atoms with Gasteiger partial charge in [0, 0.05) is 35.5 Å². The van der Waals surface area contributed by atoms with Gasteiger partial charge in [0.25, 0.3) is 0 Å². The lowest BCUT2D eigenvalue weighted by Crippen LogP contribution is -2.35. The average Bonchev–Trinajstić information content (AvgIpc) is 3.35. The number of hydrogen-bond donors (Lipinski definition) is 1. The first kappa shape index (κ1) is 16.1. The Morgan fingerprint density at radius 1 is 1.26 bits per heavy atom. The molecule has 0 fully saturated rings. The lowest BCUT2D eigenvalue weighted by molar-refractivity contribution is 0.186. The van der Waals surface area contributed by atoms with Gasteiger partial charge >= 0.3 is 0 Å². The van der Waals surface area contributed by atoms with Crippen LogP contribution in [0.3, 0.4) is 0 Å². The Kier molecular flexibility index (Phi) is 3.94. The lowest BCUT2D eigenvalue weighted by atomic mass is 9.93. The van der Waals surface area contributed by atoms with E-state index in [1.54, 1.807) is 13.4 Å². The van der Waals surface area contributed by atoms with E-state index in [4.69, 9.17) is 9.15 Å². The van der Waals surface area contributed by atoms with Gasteiger partial charge in [0.15, 0.2) is 0 Å². The maximum absolute atomic E-state index is 5.61. The molecule has 3 aromatic heterocycles. The molecule has 0 radical (unpaired) electrons. The van der Waals surface area contributed by atoms with Crippen LogP contribution in [0.25, 0.3) is 10.9 Å². The number of pyridine rings is 1. The van der Waals surface area contributed by atoms with Crippen LogP contribution in [-0.2, 0) is 13.0 Å². The largest absolute Gasteiger partial charge is 0.497 e. The summed E-state index contributed by atoms with van der Waals surface area (Å²) in [6.45, 7) is 1.72. The van der Waals surface area contributed by atoms with Crippen LogP contribution in [0.15, 0.2) is 65.5 Å². The Morgan fingerprint density at radius 3 is 3.00 bits per heavy atom. The number of ether oxygens (including phenoxy) is 1. The normalized spacial score (nSPS) is 17.1. The van der Waals surface area contributed by atoms with Crippen molar-refractivity contribution in [1.82, 2.24) is 14.9 Å². The highest BCUT2D eigenvalue weighted by Gasteiger charge is 2.32. The number of methoxy groups -OCH3 is 1. The van der Waals surface area contributed by atoms with E-state index in [9.17, 15) is 0 Å². The molecule has 0 saturated heterocycles. The minimum atomic E-state index is 0.117. The maximum atomic E-state index is 5.61. The fraction of sp³-hybridized carbons (Fsp3) is 0.227. The molecule has 4 heterocycles. The number of nitrogens with zero attached hydrogens (tertiary/aromatic N) is 2. The monoisotopic (exact) mass is 359 g/mol. The summed E-state index contributed by atoms with van der Waals surface area (Å²) in [5, 5.41) is 1.25. The van der Waals surface area contributed by atoms with E-state index < -0.39 is 0 Å². The minimum Gasteiger partial charge on any atom is -0.497 e. The van der Waals surface area contributed by atoms with Gasteiger partial charge < -0.3 is 14.1 Å². The molecular weight excluding hydrogens is 338 g/mol. The fourth-order valence-corrected chi connectivity index (χ4v) is 4.13. The van der Waals surface area contributed by atoms with E-state index in [1.807, 2.05) is 36.7 Å². The van der Waals surface area contributed by atoms with Crippen LogP contribution in [0.2, 0.25) is 0 Å². The molecule has 1 aliphatic heterocycles. The van der Waals surface area contributed by atoms with Crippen molar-refractivity contribution in [1.29, 1.82) is 0 Å². The van der Waals surface area contributed by atoms with Gasteiger partial charge in [-0.1, -0.05) is 6.07 Å². The Hall–Kier alpha value is -3.05. The molecule has 1 atom stereocenters. The molecule has 5 nitrogen and oxygen atoms in total. The molecule has 5 rings (SSSR count). The van der Waals surface area contributed by atoms with E-state index >= 15 is 0 Å². The van der Waals surface area contributed by atoms with Crippen molar-refractivity contribution >= 4 is 10.9 Å². The van der Waals surface area contributed by atoms with Crippen molar-refractivity contribution in [2.24, 2.45) is 0 Å². The second kappa shape index (κ2) is 6.59. The molecule has 1 aromatic carbocycles. The predicted molar refractivity (Wildman–Crippen MR) is 104 cm³/mol. The second-order valence-corrected chi connectivity index (χ2v) is 6.92. The molecule has 5 heteroatoms. The van der Waals surface area contributed by atoms with Crippen molar-refractivity contribution in [2.75, 3.05) is 13.7 Å². The van der Waals surface area contributed by atoms with E-state index in [-0.39, 0.29) is 6.04 Å². The summed E-state index contributed by atoms with van der Waals surface area (Å²) >= 11 is 0. The third kappa shape index (κ3) is 2.80. The summed E-state index contributed by atoms with van der Waals surface area (Å²) in [5.41, 5.74) is 4.94. The molecule has 0 saturated carbocycles. The van der Waals surface area contributed by atoms with Crippen molar-refractivity contribution in [3.05, 3.63) is 83.7 Å². The molecule has 1 N–H and O–H groups in total. The maximum Gasteiger partial charge on any atom is 0.119 e. The SMILES string of the molecule is COc1ccc2[nH]c3c(c2c1)CCN(Cc1ccco1)[C@H]3c1cccnc1. The Labute approximate surface area is 157 Å². The molecule has 27 heavy (non-hydrogen) atoms. The molecule has 1 aliphatic rings. The van der Waals surface area contributed by atoms with E-state index in [0.717, 1.165) is 36.5 Å². The highest BCUT2D eigenvalue weighted by Crippen LogP contribution is 2.39.